The number of sulfonamides is 1. The fourth-order valence-corrected chi connectivity index (χ4v) is 6.01. The number of anilines is 1. The van der Waals surface area contributed by atoms with Gasteiger partial charge in [-0.1, -0.05) is 67.1 Å². The van der Waals surface area contributed by atoms with Crippen molar-refractivity contribution in [3.8, 4) is 0 Å². The number of hydrogen-bond acceptors (Lipinski definition) is 4. The Kier molecular flexibility index (Phi) is 10.2. The maximum Gasteiger partial charge on any atom is 0.264 e. The number of carbonyl (C=O) groups excluding carboxylic acids is 2. The minimum Gasteiger partial charge on any atom is -0.352 e. The zero-order valence-electron chi connectivity index (χ0n) is 23.0. The van der Waals surface area contributed by atoms with E-state index in [4.69, 9.17) is 11.6 Å². The molecule has 0 saturated heterocycles. The molecule has 0 aliphatic carbocycles. The Labute approximate surface area is 236 Å². The first-order valence-corrected chi connectivity index (χ1v) is 14.8. The first kappa shape index (κ1) is 30.2. The van der Waals surface area contributed by atoms with Crippen LogP contribution in [-0.4, -0.2) is 43.8 Å². The van der Waals surface area contributed by atoms with Crippen molar-refractivity contribution in [2.75, 3.05) is 10.8 Å². The zero-order chi connectivity index (χ0) is 28.7. The standard InChI is InChI=1S/C30H36ClN3O4S/c1-6-27(30(36)32-21(2)3)33(19-24-13-11-10-12-22(24)4)29(35)20-34(28-18-25(31)17-16-23(28)5)39(37,38)26-14-8-7-9-15-26/h7-18,21,27H,6,19-20H2,1-5H3,(H,32,36). The number of amides is 2. The maximum atomic E-state index is 14.1. The number of nitrogens with zero attached hydrogens (tertiary/aromatic N) is 2. The van der Waals surface area contributed by atoms with Crippen molar-refractivity contribution in [3.05, 3.63) is 94.5 Å². The van der Waals surface area contributed by atoms with E-state index in [1.807, 2.05) is 52.0 Å². The van der Waals surface area contributed by atoms with Crippen molar-refractivity contribution < 1.29 is 18.0 Å². The number of rotatable bonds is 11. The molecule has 9 heteroatoms. The van der Waals surface area contributed by atoms with Gasteiger partial charge in [0.25, 0.3) is 10.0 Å². The maximum absolute atomic E-state index is 14.1. The van der Waals surface area contributed by atoms with Crippen LogP contribution in [0.25, 0.3) is 0 Å². The number of halogens is 1. The van der Waals surface area contributed by atoms with Crippen molar-refractivity contribution in [3.63, 3.8) is 0 Å². The molecule has 3 aromatic rings. The summed E-state index contributed by atoms with van der Waals surface area (Å²) in [5.74, 6) is -0.784. The second-order valence-corrected chi connectivity index (χ2v) is 12.1. The van der Waals surface area contributed by atoms with Crippen molar-refractivity contribution >= 4 is 39.1 Å². The number of carbonyl (C=O) groups is 2. The van der Waals surface area contributed by atoms with E-state index in [0.717, 1.165) is 15.4 Å². The second kappa shape index (κ2) is 13.1. The molecule has 0 aromatic heterocycles. The van der Waals surface area contributed by atoms with Crippen LogP contribution in [0.1, 0.15) is 43.9 Å². The molecule has 39 heavy (non-hydrogen) atoms. The Balaban J connectivity index is 2.11. The molecule has 1 N–H and O–H groups in total. The Bertz CT molecular complexity index is 1410. The summed E-state index contributed by atoms with van der Waals surface area (Å²) in [5, 5.41) is 3.25. The average molecular weight is 570 g/mol. The van der Waals surface area contributed by atoms with Crippen LogP contribution in [0.5, 0.6) is 0 Å². The molecule has 1 atom stereocenters. The molecule has 3 aromatic carbocycles. The van der Waals surface area contributed by atoms with Gasteiger partial charge < -0.3 is 10.2 Å². The Morgan fingerprint density at radius 3 is 2.18 bits per heavy atom. The van der Waals surface area contributed by atoms with E-state index < -0.39 is 28.5 Å². The third-order valence-corrected chi connectivity index (χ3v) is 8.48. The third kappa shape index (κ3) is 7.40. The summed E-state index contributed by atoms with van der Waals surface area (Å²) >= 11 is 6.27. The van der Waals surface area contributed by atoms with Gasteiger partial charge in [0, 0.05) is 17.6 Å². The smallest absolute Gasteiger partial charge is 0.264 e. The summed E-state index contributed by atoms with van der Waals surface area (Å²) in [6, 6.07) is 19.6. The van der Waals surface area contributed by atoms with Gasteiger partial charge in [-0.05, 0) is 75.1 Å². The number of nitrogens with one attached hydrogen (secondary N) is 1. The van der Waals surface area contributed by atoms with Crippen LogP contribution in [-0.2, 0) is 26.2 Å². The molecule has 7 nitrogen and oxygen atoms in total. The monoisotopic (exact) mass is 569 g/mol. The van der Waals surface area contributed by atoms with E-state index in [-0.39, 0.29) is 23.4 Å². The van der Waals surface area contributed by atoms with Gasteiger partial charge in [0.15, 0.2) is 0 Å². The number of benzene rings is 3. The quantitative estimate of drug-likeness (QED) is 0.331. The molecular formula is C30H36ClN3O4S. The largest absolute Gasteiger partial charge is 0.352 e. The lowest BCUT2D eigenvalue weighted by Gasteiger charge is -2.34. The highest BCUT2D eigenvalue weighted by Crippen LogP contribution is 2.30. The molecule has 1 unspecified atom stereocenters. The van der Waals surface area contributed by atoms with Crippen molar-refractivity contribution in [1.82, 2.24) is 10.2 Å². The van der Waals surface area contributed by atoms with Gasteiger partial charge >= 0.3 is 0 Å². The van der Waals surface area contributed by atoms with Crippen LogP contribution >= 0.6 is 11.6 Å². The topological polar surface area (TPSA) is 86.8 Å². The van der Waals surface area contributed by atoms with E-state index in [2.05, 4.69) is 5.32 Å². The third-order valence-electron chi connectivity index (χ3n) is 6.47. The fraction of sp³-hybridized carbons (Fsp3) is 0.333. The molecule has 0 spiro atoms. The van der Waals surface area contributed by atoms with E-state index in [0.29, 0.717) is 22.7 Å². The summed E-state index contributed by atoms with van der Waals surface area (Å²) < 4.78 is 28.9. The molecule has 0 heterocycles. The first-order chi connectivity index (χ1) is 18.4. The molecule has 2 amide bonds. The van der Waals surface area contributed by atoms with Crippen LogP contribution in [0.4, 0.5) is 5.69 Å². The van der Waals surface area contributed by atoms with E-state index in [9.17, 15) is 18.0 Å². The first-order valence-electron chi connectivity index (χ1n) is 12.9. The van der Waals surface area contributed by atoms with Crippen LogP contribution in [0.3, 0.4) is 0 Å². The normalized spacial score (nSPS) is 12.2. The van der Waals surface area contributed by atoms with Gasteiger partial charge in [0.1, 0.15) is 12.6 Å². The Hall–Kier alpha value is -3.36. The van der Waals surface area contributed by atoms with Crippen LogP contribution < -0.4 is 9.62 Å². The lowest BCUT2D eigenvalue weighted by Crippen LogP contribution is -2.53. The Morgan fingerprint density at radius 2 is 1.56 bits per heavy atom. The molecule has 0 aliphatic rings. The summed E-state index contributed by atoms with van der Waals surface area (Å²) in [4.78, 5) is 28.9. The SMILES string of the molecule is CCC(C(=O)NC(C)C)N(Cc1ccccc1C)C(=O)CN(c1cc(Cl)ccc1C)S(=O)(=O)c1ccccc1. The highest BCUT2D eigenvalue weighted by Gasteiger charge is 2.34. The lowest BCUT2D eigenvalue weighted by molar-refractivity contribution is -0.140. The molecule has 0 aliphatic heterocycles. The van der Waals surface area contributed by atoms with Crippen LogP contribution in [0, 0.1) is 13.8 Å². The van der Waals surface area contributed by atoms with Gasteiger partial charge in [-0.2, -0.15) is 0 Å². The minimum atomic E-state index is -4.15. The predicted molar refractivity (Wildman–Crippen MR) is 156 cm³/mol. The van der Waals surface area contributed by atoms with Gasteiger partial charge in [-0.25, -0.2) is 8.42 Å². The lowest BCUT2D eigenvalue weighted by atomic mass is 10.1. The van der Waals surface area contributed by atoms with Crippen LogP contribution in [0.2, 0.25) is 5.02 Å². The van der Waals surface area contributed by atoms with E-state index in [1.54, 1.807) is 43.3 Å². The van der Waals surface area contributed by atoms with Gasteiger partial charge in [-0.3, -0.25) is 13.9 Å². The van der Waals surface area contributed by atoms with Gasteiger partial charge in [0.05, 0.1) is 10.6 Å². The molecule has 0 saturated carbocycles. The summed E-state index contributed by atoms with van der Waals surface area (Å²) in [7, 11) is -4.15. The molecule has 208 valence electrons. The highest BCUT2D eigenvalue weighted by molar-refractivity contribution is 7.92. The van der Waals surface area contributed by atoms with Crippen molar-refractivity contribution in [1.29, 1.82) is 0 Å². The van der Waals surface area contributed by atoms with Gasteiger partial charge in [0.2, 0.25) is 11.8 Å². The van der Waals surface area contributed by atoms with E-state index >= 15 is 0 Å². The number of hydrogen-bond donors (Lipinski definition) is 1. The number of aryl methyl sites for hydroxylation is 2. The zero-order valence-corrected chi connectivity index (χ0v) is 24.6. The highest BCUT2D eigenvalue weighted by atomic mass is 35.5. The summed E-state index contributed by atoms with van der Waals surface area (Å²) in [6.07, 6.45) is 0.359. The summed E-state index contributed by atoms with van der Waals surface area (Å²) in [6.45, 7) is 8.90. The molecule has 0 radical (unpaired) electrons. The van der Waals surface area contributed by atoms with Crippen LogP contribution in [0.15, 0.2) is 77.7 Å². The molecule has 3 rings (SSSR count). The predicted octanol–water partition coefficient (Wildman–Crippen LogP) is 5.48. The van der Waals surface area contributed by atoms with Gasteiger partial charge in [-0.15, -0.1) is 0 Å². The molecular weight excluding hydrogens is 534 g/mol. The average Bonchev–Trinajstić information content (AvgIpc) is 2.89. The summed E-state index contributed by atoms with van der Waals surface area (Å²) in [5.41, 5.74) is 2.78. The van der Waals surface area contributed by atoms with Crippen molar-refractivity contribution in [2.45, 2.75) is 64.6 Å². The minimum absolute atomic E-state index is 0.0484. The molecule has 0 bridgehead atoms. The van der Waals surface area contributed by atoms with E-state index in [1.165, 1.54) is 17.0 Å². The second-order valence-electron chi connectivity index (χ2n) is 9.79. The molecule has 0 fully saturated rings. The Morgan fingerprint density at radius 1 is 0.923 bits per heavy atom. The fourth-order valence-electron chi connectivity index (χ4n) is 4.36. The van der Waals surface area contributed by atoms with Crippen molar-refractivity contribution in [2.24, 2.45) is 0 Å².